The summed E-state index contributed by atoms with van der Waals surface area (Å²) in [5, 5.41) is 11.5. The predicted octanol–water partition coefficient (Wildman–Crippen LogP) is 1.38. The molecule has 2 amide bonds. The van der Waals surface area contributed by atoms with Gasteiger partial charge in [-0.05, 0) is 18.2 Å². The Morgan fingerprint density at radius 3 is 2.76 bits per heavy atom. The van der Waals surface area contributed by atoms with Crippen LogP contribution in [0, 0.1) is 11.3 Å². The van der Waals surface area contributed by atoms with E-state index in [1.165, 1.54) is 18.0 Å². The van der Waals surface area contributed by atoms with E-state index in [-0.39, 0.29) is 23.9 Å². The second-order valence-corrected chi connectivity index (χ2v) is 4.46. The van der Waals surface area contributed by atoms with Crippen molar-refractivity contribution in [2.24, 2.45) is 0 Å². The molecule has 0 heterocycles. The van der Waals surface area contributed by atoms with Crippen molar-refractivity contribution in [2.75, 3.05) is 23.1 Å². The zero-order chi connectivity index (χ0) is 15.8. The highest BCUT2D eigenvalue weighted by atomic mass is 35.5. The van der Waals surface area contributed by atoms with Gasteiger partial charge in [-0.25, -0.2) is 0 Å². The molecule has 0 spiro atoms. The molecule has 0 aliphatic heterocycles. The number of nitrogens with one attached hydrogen (secondary N) is 1. The van der Waals surface area contributed by atoms with Crippen LogP contribution in [-0.4, -0.2) is 24.2 Å². The standard InChI is InChI=1S/C14H15ClN4O2/c1-10(20)19(13-4-2-3-12(17)7-13)9-11(8-16)14(21)18-6-5-15/h2-4,7,9H,5-6,17H2,1H3,(H,18,21)/b11-9-. The van der Waals surface area contributed by atoms with Gasteiger partial charge in [0.15, 0.2) is 0 Å². The van der Waals surface area contributed by atoms with E-state index in [0.717, 1.165) is 0 Å². The minimum atomic E-state index is -0.590. The first-order chi connectivity index (χ1) is 9.99. The van der Waals surface area contributed by atoms with E-state index in [4.69, 9.17) is 22.6 Å². The lowest BCUT2D eigenvalue weighted by molar-refractivity contribution is -0.117. The maximum Gasteiger partial charge on any atom is 0.263 e. The third kappa shape index (κ3) is 4.82. The van der Waals surface area contributed by atoms with Gasteiger partial charge in [-0.3, -0.25) is 14.5 Å². The maximum absolute atomic E-state index is 11.8. The molecule has 0 saturated carbocycles. The van der Waals surface area contributed by atoms with Gasteiger partial charge < -0.3 is 11.1 Å². The number of nitrogen functional groups attached to an aromatic ring is 1. The predicted molar refractivity (Wildman–Crippen MR) is 81.4 cm³/mol. The second kappa shape index (κ2) is 7.92. The molecule has 1 aromatic carbocycles. The molecule has 0 unspecified atom stereocenters. The summed E-state index contributed by atoms with van der Waals surface area (Å²) in [6.45, 7) is 1.56. The molecule has 21 heavy (non-hydrogen) atoms. The number of rotatable bonds is 5. The molecule has 0 atom stereocenters. The number of hydrogen-bond acceptors (Lipinski definition) is 4. The lowest BCUT2D eigenvalue weighted by Gasteiger charge is -2.17. The molecule has 0 radical (unpaired) electrons. The van der Waals surface area contributed by atoms with Crippen LogP contribution in [0.5, 0.6) is 0 Å². The van der Waals surface area contributed by atoms with Gasteiger partial charge in [-0.1, -0.05) is 6.07 Å². The third-order valence-corrected chi connectivity index (χ3v) is 2.68. The molecule has 1 rings (SSSR count). The van der Waals surface area contributed by atoms with Gasteiger partial charge in [0.25, 0.3) is 5.91 Å². The number of anilines is 2. The Hall–Kier alpha value is -2.52. The highest BCUT2D eigenvalue weighted by Crippen LogP contribution is 2.19. The average Bonchev–Trinajstić information content (AvgIpc) is 2.45. The van der Waals surface area contributed by atoms with Crippen molar-refractivity contribution in [3.63, 3.8) is 0 Å². The Morgan fingerprint density at radius 1 is 1.52 bits per heavy atom. The minimum absolute atomic E-state index is 0.197. The fourth-order valence-electron chi connectivity index (χ4n) is 1.55. The van der Waals surface area contributed by atoms with Crippen LogP contribution in [-0.2, 0) is 9.59 Å². The van der Waals surface area contributed by atoms with Gasteiger partial charge in [0.2, 0.25) is 5.91 Å². The summed E-state index contributed by atoms with van der Waals surface area (Å²) in [5.41, 5.74) is 6.41. The van der Waals surface area contributed by atoms with Crippen molar-refractivity contribution in [1.29, 1.82) is 5.26 Å². The summed E-state index contributed by atoms with van der Waals surface area (Å²) in [6, 6.07) is 8.33. The van der Waals surface area contributed by atoms with Crippen LogP contribution < -0.4 is 16.0 Å². The van der Waals surface area contributed by atoms with Crippen molar-refractivity contribution in [3.8, 4) is 6.07 Å². The fourth-order valence-corrected chi connectivity index (χ4v) is 1.64. The lowest BCUT2D eigenvalue weighted by atomic mass is 10.2. The summed E-state index contributed by atoms with van der Waals surface area (Å²) in [7, 11) is 0. The first-order valence-electron chi connectivity index (χ1n) is 6.11. The van der Waals surface area contributed by atoms with Gasteiger partial charge in [-0.15, -0.1) is 11.6 Å². The normalized spacial score (nSPS) is 10.6. The zero-order valence-corrected chi connectivity index (χ0v) is 12.2. The van der Waals surface area contributed by atoms with E-state index >= 15 is 0 Å². The van der Waals surface area contributed by atoms with E-state index in [2.05, 4.69) is 5.32 Å². The average molecular weight is 307 g/mol. The quantitative estimate of drug-likeness (QED) is 0.371. The SMILES string of the molecule is CC(=O)N(/C=C(/C#N)C(=O)NCCCl)c1cccc(N)c1. The third-order valence-electron chi connectivity index (χ3n) is 2.49. The molecule has 6 nitrogen and oxygen atoms in total. The minimum Gasteiger partial charge on any atom is -0.399 e. The van der Waals surface area contributed by atoms with Crippen molar-refractivity contribution in [2.45, 2.75) is 6.92 Å². The molecular weight excluding hydrogens is 292 g/mol. The number of halogens is 1. The molecule has 0 aromatic heterocycles. The van der Waals surface area contributed by atoms with Crippen LogP contribution in [0.4, 0.5) is 11.4 Å². The molecule has 0 fully saturated rings. The Morgan fingerprint density at radius 2 is 2.24 bits per heavy atom. The van der Waals surface area contributed by atoms with Crippen molar-refractivity contribution in [3.05, 3.63) is 36.0 Å². The molecule has 0 aliphatic rings. The number of hydrogen-bond donors (Lipinski definition) is 2. The molecule has 0 bridgehead atoms. The van der Waals surface area contributed by atoms with Gasteiger partial charge in [0, 0.05) is 31.2 Å². The lowest BCUT2D eigenvalue weighted by Crippen LogP contribution is -2.29. The van der Waals surface area contributed by atoms with Crippen LogP contribution in [0.3, 0.4) is 0 Å². The van der Waals surface area contributed by atoms with Crippen LogP contribution in [0.25, 0.3) is 0 Å². The van der Waals surface area contributed by atoms with E-state index in [1.54, 1.807) is 30.3 Å². The summed E-state index contributed by atoms with van der Waals surface area (Å²) < 4.78 is 0. The van der Waals surface area contributed by atoms with E-state index in [1.807, 2.05) is 0 Å². The first kappa shape index (κ1) is 16.5. The zero-order valence-electron chi connectivity index (χ0n) is 11.5. The van der Waals surface area contributed by atoms with Crippen LogP contribution >= 0.6 is 11.6 Å². The van der Waals surface area contributed by atoms with Crippen molar-refractivity contribution in [1.82, 2.24) is 5.32 Å². The summed E-state index contributed by atoms with van der Waals surface area (Å²) in [5.74, 6) is -0.706. The molecule has 1 aromatic rings. The number of nitrogens with zero attached hydrogens (tertiary/aromatic N) is 2. The van der Waals surface area contributed by atoms with Crippen molar-refractivity contribution >= 4 is 34.8 Å². The smallest absolute Gasteiger partial charge is 0.263 e. The number of alkyl halides is 1. The van der Waals surface area contributed by atoms with Gasteiger partial charge >= 0.3 is 0 Å². The van der Waals surface area contributed by atoms with E-state index < -0.39 is 5.91 Å². The topological polar surface area (TPSA) is 99.2 Å². The molecule has 7 heteroatoms. The second-order valence-electron chi connectivity index (χ2n) is 4.08. The molecular formula is C14H15ClN4O2. The number of amides is 2. The summed E-state index contributed by atoms with van der Waals surface area (Å²) in [4.78, 5) is 24.7. The van der Waals surface area contributed by atoms with Crippen LogP contribution in [0.1, 0.15) is 6.92 Å². The van der Waals surface area contributed by atoms with Crippen molar-refractivity contribution < 1.29 is 9.59 Å². The molecule has 0 aliphatic carbocycles. The summed E-state index contributed by atoms with van der Waals surface area (Å²) in [6.07, 6.45) is 1.18. The molecule has 110 valence electrons. The van der Waals surface area contributed by atoms with Gasteiger partial charge in [0.1, 0.15) is 11.6 Å². The maximum atomic E-state index is 11.8. The molecule has 0 saturated heterocycles. The summed E-state index contributed by atoms with van der Waals surface area (Å²) >= 11 is 5.47. The fraction of sp³-hybridized carbons (Fsp3) is 0.214. The monoisotopic (exact) mass is 306 g/mol. The Bertz CT molecular complexity index is 607. The van der Waals surface area contributed by atoms with Gasteiger partial charge in [-0.2, -0.15) is 5.26 Å². The Balaban J connectivity index is 3.11. The van der Waals surface area contributed by atoms with E-state index in [0.29, 0.717) is 11.4 Å². The van der Waals surface area contributed by atoms with Gasteiger partial charge in [0.05, 0.1) is 5.69 Å². The number of carbonyl (C=O) groups is 2. The van der Waals surface area contributed by atoms with E-state index in [9.17, 15) is 9.59 Å². The number of benzene rings is 1. The highest BCUT2D eigenvalue weighted by molar-refractivity contribution is 6.18. The first-order valence-corrected chi connectivity index (χ1v) is 6.64. The largest absolute Gasteiger partial charge is 0.399 e. The van der Waals surface area contributed by atoms with Crippen LogP contribution in [0.2, 0.25) is 0 Å². The number of nitriles is 1. The number of carbonyl (C=O) groups excluding carboxylic acids is 2. The van der Waals surface area contributed by atoms with Crippen LogP contribution in [0.15, 0.2) is 36.0 Å². The highest BCUT2D eigenvalue weighted by Gasteiger charge is 2.15. The number of nitrogens with two attached hydrogens (primary N) is 1. The Kier molecular flexibility index (Phi) is 6.24. The Labute approximate surface area is 127 Å². The molecule has 3 N–H and O–H groups in total.